The second-order valence-corrected chi connectivity index (χ2v) is 10.5. The van der Waals surface area contributed by atoms with Crippen molar-refractivity contribution in [1.29, 1.82) is 0 Å². The van der Waals surface area contributed by atoms with Crippen molar-refractivity contribution in [2.75, 3.05) is 6.67 Å². The van der Waals surface area contributed by atoms with E-state index in [1.54, 1.807) is 12.3 Å². The number of hydrogen-bond acceptors (Lipinski definition) is 4. The summed E-state index contributed by atoms with van der Waals surface area (Å²) >= 11 is 0. The molecule has 2 aromatic heterocycles. The zero-order chi connectivity index (χ0) is 29.6. The van der Waals surface area contributed by atoms with Crippen molar-refractivity contribution in [2.45, 2.75) is 53.7 Å². The average molecular weight is 561 g/mol. The molecule has 0 spiro atoms. The van der Waals surface area contributed by atoms with Gasteiger partial charge in [-0.1, -0.05) is 65.0 Å². The van der Waals surface area contributed by atoms with Crippen molar-refractivity contribution in [3.8, 4) is 17.0 Å². The van der Waals surface area contributed by atoms with E-state index < -0.39 is 18.3 Å². The van der Waals surface area contributed by atoms with E-state index >= 15 is 0 Å². The number of benzene rings is 3. The number of rotatable bonds is 8. The summed E-state index contributed by atoms with van der Waals surface area (Å²) in [5.41, 5.74) is 4.47. The highest BCUT2D eigenvalue weighted by Crippen LogP contribution is 2.45. The Bertz CT molecular complexity index is 1600. The number of aromatic nitrogens is 4. The number of nitrogens with zero attached hydrogens (tertiary/aromatic N) is 4. The monoisotopic (exact) mass is 560 g/mol. The quantitative estimate of drug-likeness (QED) is 0.191. The fourth-order valence-corrected chi connectivity index (χ4v) is 4.92. The molecule has 0 aliphatic carbocycles. The van der Waals surface area contributed by atoms with Gasteiger partial charge < -0.3 is 4.74 Å². The van der Waals surface area contributed by atoms with E-state index in [4.69, 9.17) is 4.74 Å². The molecular weight excluding hydrogens is 525 g/mol. The van der Waals surface area contributed by atoms with Crippen LogP contribution in [-0.4, -0.2) is 26.7 Å². The first-order valence-corrected chi connectivity index (χ1v) is 13.8. The first kappa shape index (κ1) is 29.8. The molecule has 0 radical (unpaired) electrons. The molecule has 0 saturated heterocycles. The molecule has 0 saturated carbocycles. The van der Waals surface area contributed by atoms with Crippen LogP contribution in [0.25, 0.3) is 22.2 Å². The van der Waals surface area contributed by atoms with Gasteiger partial charge in [-0.25, -0.2) is 18.2 Å². The molecule has 8 heteroatoms. The van der Waals surface area contributed by atoms with Gasteiger partial charge in [0.15, 0.2) is 11.6 Å². The molecule has 41 heavy (non-hydrogen) atoms. The van der Waals surface area contributed by atoms with Crippen molar-refractivity contribution >= 4 is 10.9 Å². The molecule has 5 aromatic rings. The topological polar surface area (TPSA) is 52.8 Å². The highest BCUT2D eigenvalue weighted by atomic mass is 19.2. The molecule has 214 valence electrons. The number of fused-ring (bicyclic) bond motifs is 1. The van der Waals surface area contributed by atoms with Crippen molar-refractivity contribution in [3.63, 3.8) is 0 Å². The van der Waals surface area contributed by atoms with E-state index in [2.05, 4.69) is 48.1 Å². The Morgan fingerprint density at radius 3 is 2.39 bits per heavy atom. The molecule has 1 atom stereocenters. The predicted octanol–water partition coefficient (Wildman–Crippen LogP) is 8.52. The Balaban J connectivity index is 0.00000189. The summed E-state index contributed by atoms with van der Waals surface area (Å²) in [6.45, 7) is 10.2. The van der Waals surface area contributed by atoms with Gasteiger partial charge in [-0.3, -0.25) is 0 Å². The second kappa shape index (κ2) is 13.0. The van der Waals surface area contributed by atoms with Gasteiger partial charge in [-0.2, -0.15) is 15.0 Å². The molecule has 3 aromatic carbocycles. The lowest BCUT2D eigenvalue weighted by Gasteiger charge is -2.33. The number of halogens is 3. The van der Waals surface area contributed by atoms with E-state index in [0.717, 1.165) is 22.8 Å². The summed E-state index contributed by atoms with van der Waals surface area (Å²) in [7, 11) is 0. The van der Waals surface area contributed by atoms with Gasteiger partial charge >= 0.3 is 0 Å². The normalized spacial score (nSPS) is 12.1. The molecule has 2 heterocycles. The first-order valence-electron chi connectivity index (χ1n) is 13.8. The van der Waals surface area contributed by atoms with Crippen LogP contribution in [0.4, 0.5) is 13.2 Å². The maximum Gasteiger partial charge on any atom is 0.168 e. The molecule has 0 N–H and O–H groups in total. The molecule has 5 rings (SSSR count). The SMILES string of the molecule is CC.CC(C)(C)C(c1ccccc1)c1cc(OCc2ccc3c(F)c(F)ccc3n2)ccc1-c1cnn(CCF)n1. The summed E-state index contributed by atoms with van der Waals surface area (Å²) < 4.78 is 46.7. The third-order valence-corrected chi connectivity index (χ3v) is 6.63. The Labute approximate surface area is 239 Å². The third kappa shape index (κ3) is 6.76. The maximum atomic E-state index is 14.1. The van der Waals surface area contributed by atoms with E-state index in [1.165, 1.54) is 16.9 Å². The van der Waals surface area contributed by atoms with Crippen LogP contribution >= 0.6 is 0 Å². The van der Waals surface area contributed by atoms with Gasteiger partial charge in [0.2, 0.25) is 0 Å². The fraction of sp³-hybridized carbons (Fsp3) is 0.303. The van der Waals surface area contributed by atoms with Gasteiger partial charge in [-0.15, -0.1) is 0 Å². The van der Waals surface area contributed by atoms with Crippen LogP contribution in [0, 0.1) is 17.0 Å². The van der Waals surface area contributed by atoms with Gasteiger partial charge in [0.05, 0.1) is 24.0 Å². The zero-order valence-corrected chi connectivity index (χ0v) is 24.0. The minimum atomic E-state index is -0.912. The maximum absolute atomic E-state index is 14.1. The standard InChI is InChI=1S/C31H29F3N4O.C2H6/c1-31(2,3)29(20-7-5-4-6-8-20)25-17-22(10-12-23(25)28-18-35-38(37-28)16-15-32)39-19-21-9-11-24-27(36-21)14-13-26(33)30(24)34;1-2/h4-14,17-18,29H,15-16,19H2,1-3H3;1-2H3. The second-order valence-electron chi connectivity index (χ2n) is 10.5. The third-order valence-electron chi connectivity index (χ3n) is 6.63. The Kier molecular flexibility index (Phi) is 9.42. The predicted molar refractivity (Wildman–Crippen MR) is 157 cm³/mol. The summed E-state index contributed by atoms with van der Waals surface area (Å²) in [6, 6.07) is 21.7. The Hall–Kier alpha value is -4.20. The van der Waals surface area contributed by atoms with Crippen LogP contribution in [0.5, 0.6) is 5.75 Å². The van der Waals surface area contributed by atoms with Crippen molar-refractivity contribution in [2.24, 2.45) is 5.41 Å². The number of aryl methyl sites for hydroxylation is 1. The first-order chi connectivity index (χ1) is 19.7. The molecule has 0 amide bonds. The highest BCUT2D eigenvalue weighted by Gasteiger charge is 2.31. The smallest absolute Gasteiger partial charge is 0.168 e. The van der Waals surface area contributed by atoms with Gasteiger partial charge in [0, 0.05) is 16.9 Å². The van der Waals surface area contributed by atoms with Crippen LogP contribution in [0.2, 0.25) is 0 Å². The van der Waals surface area contributed by atoms with Crippen LogP contribution < -0.4 is 4.74 Å². The summed E-state index contributed by atoms with van der Waals surface area (Å²) in [5, 5.41) is 8.87. The molecule has 0 fully saturated rings. The number of ether oxygens (including phenoxy) is 1. The van der Waals surface area contributed by atoms with Crippen LogP contribution in [0.1, 0.15) is 57.4 Å². The Morgan fingerprint density at radius 1 is 0.927 bits per heavy atom. The van der Waals surface area contributed by atoms with Gasteiger partial charge in [0.1, 0.15) is 24.7 Å². The largest absolute Gasteiger partial charge is 0.487 e. The van der Waals surface area contributed by atoms with Crippen molar-refractivity contribution in [1.82, 2.24) is 20.0 Å². The Morgan fingerprint density at radius 2 is 1.68 bits per heavy atom. The number of hydrogen-bond donors (Lipinski definition) is 0. The van der Waals surface area contributed by atoms with Crippen LogP contribution in [-0.2, 0) is 13.2 Å². The lowest BCUT2D eigenvalue weighted by molar-refractivity contribution is 0.300. The summed E-state index contributed by atoms with van der Waals surface area (Å²) in [5.74, 6) is -1.20. The van der Waals surface area contributed by atoms with E-state index in [1.807, 2.05) is 50.2 Å². The van der Waals surface area contributed by atoms with E-state index in [0.29, 0.717) is 22.7 Å². The lowest BCUT2D eigenvalue weighted by atomic mass is 9.71. The van der Waals surface area contributed by atoms with E-state index in [9.17, 15) is 13.2 Å². The fourth-order valence-electron chi connectivity index (χ4n) is 4.92. The molecular formula is C33H35F3N4O. The lowest BCUT2D eigenvalue weighted by Crippen LogP contribution is -2.20. The van der Waals surface area contributed by atoms with E-state index in [-0.39, 0.29) is 29.9 Å². The molecule has 1 unspecified atom stereocenters. The average Bonchev–Trinajstić information content (AvgIpc) is 3.43. The van der Waals surface area contributed by atoms with Gasteiger partial charge in [-0.05, 0) is 59.0 Å². The minimum Gasteiger partial charge on any atom is -0.487 e. The minimum absolute atomic E-state index is 0.0137. The number of alkyl halides is 1. The van der Waals surface area contributed by atoms with Crippen molar-refractivity contribution in [3.05, 3.63) is 107 Å². The molecule has 0 aliphatic rings. The number of pyridine rings is 1. The summed E-state index contributed by atoms with van der Waals surface area (Å²) in [4.78, 5) is 5.80. The van der Waals surface area contributed by atoms with Crippen LogP contribution in [0.15, 0.2) is 79.0 Å². The van der Waals surface area contributed by atoms with Crippen LogP contribution in [0.3, 0.4) is 0 Å². The highest BCUT2D eigenvalue weighted by molar-refractivity contribution is 5.79. The molecule has 5 nitrogen and oxygen atoms in total. The summed E-state index contributed by atoms with van der Waals surface area (Å²) in [6.07, 6.45) is 1.65. The molecule has 0 aliphatic heterocycles. The van der Waals surface area contributed by atoms with Crippen molar-refractivity contribution < 1.29 is 17.9 Å². The van der Waals surface area contributed by atoms with Gasteiger partial charge in [0.25, 0.3) is 0 Å². The molecule has 0 bridgehead atoms. The zero-order valence-electron chi connectivity index (χ0n) is 24.0.